The summed E-state index contributed by atoms with van der Waals surface area (Å²) in [6, 6.07) is 3.57. The molecule has 0 aliphatic carbocycles. The van der Waals surface area contributed by atoms with Gasteiger partial charge in [0.1, 0.15) is 11.7 Å². The molecule has 3 rings (SSSR count). The Morgan fingerprint density at radius 3 is 2.50 bits per heavy atom. The maximum Gasteiger partial charge on any atom is 0.326 e. The van der Waals surface area contributed by atoms with Crippen molar-refractivity contribution in [1.29, 1.82) is 0 Å². The highest BCUT2D eigenvalue weighted by Gasteiger charge is 2.35. The number of nitro benzene ring substituents is 1. The quantitative estimate of drug-likeness (QED) is 0.666. The van der Waals surface area contributed by atoms with Gasteiger partial charge in [-0.05, 0) is 37.8 Å². The maximum atomic E-state index is 12.6. The zero-order valence-corrected chi connectivity index (χ0v) is 13.2. The van der Waals surface area contributed by atoms with Crippen molar-refractivity contribution in [2.24, 2.45) is 0 Å². The lowest BCUT2D eigenvalue weighted by Gasteiger charge is -2.22. The number of likely N-dealkylation sites (tertiary alicyclic amines) is 1. The number of benzene rings is 1. The molecule has 24 heavy (non-hydrogen) atoms. The van der Waals surface area contributed by atoms with Gasteiger partial charge in [-0.1, -0.05) is 0 Å². The topological polar surface area (TPSA) is 104 Å². The molecule has 1 amide bonds. The molecule has 2 saturated heterocycles. The van der Waals surface area contributed by atoms with E-state index >= 15 is 0 Å². The summed E-state index contributed by atoms with van der Waals surface area (Å²) in [5.74, 6) is -1.50. The number of anilines is 1. The van der Waals surface area contributed by atoms with Gasteiger partial charge in [-0.3, -0.25) is 14.9 Å². The van der Waals surface area contributed by atoms with Crippen LogP contribution < -0.4 is 4.90 Å². The zero-order chi connectivity index (χ0) is 17.3. The van der Waals surface area contributed by atoms with Crippen molar-refractivity contribution in [3.05, 3.63) is 33.9 Å². The maximum absolute atomic E-state index is 12.6. The fraction of sp³-hybridized carbons (Fsp3) is 0.500. The Morgan fingerprint density at radius 2 is 1.88 bits per heavy atom. The van der Waals surface area contributed by atoms with Crippen molar-refractivity contribution in [2.45, 2.75) is 31.7 Å². The van der Waals surface area contributed by atoms with Gasteiger partial charge in [-0.25, -0.2) is 4.79 Å². The van der Waals surface area contributed by atoms with Crippen LogP contribution in [0.15, 0.2) is 18.2 Å². The van der Waals surface area contributed by atoms with Crippen molar-refractivity contribution in [1.82, 2.24) is 4.90 Å². The fourth-order valence-corrected chi connectivity index (χ4v) is 3.46. The van der Waals surface area contributed by atoms with E-state index < -0.39 is 22.8 Å². The van der Waals surface area contributed by atoms with Gasteiger partial charge < -0.3 is 14.9 Å². The number of aliphatic carboxylic acids is 1. The Morgan fingerprint density at radius 1 is 1.17 bits per heavy atom. The molecule has 2 fully saturated rings. The molecule has 1 atom stereocenters. The summed E-state index contributed by atoms with van der Waals surface area (Å²) >= 11 is 0. The van der Waals surface area contributed by atoms with Crippen LogP contribution in [0.5, 0.6) is 0 Å². The van der Waals surface area contributed by atoms with Crippen molar-refractivity contribution < 1.29 is 19.6 Å². The van der Waals surface area contributed by atoms with Gasteiger partial charge in [0, 0.05) is 31.3 Å². The first-order valence-electron chi connectivity index (χ1n) is 8.06. The first-order chi connectivity index (χ1) is 11.5. The second kappa shape index (κ2) is 6.46. The lowest BCUT2D eigenvalue weighted by molar-refractivity contribution is -0.384. The Kier molecular flexibility index (Phi) is 4.37. The van der Waals surface area contributed by atoms with Gasteiger partial charge in [0.15, 0.2) is 0 Å². The van der Waals surface area contributed by atoms with Crippen LogP contribution in [0.3, 0.4) is 0 Å². The van der Waals surface area contributed by atoms with E-state index in [1.54, 1.807) is 12.1 Å². The standard InChI is InChI=1S/C16H19N3O5/c20-15(18-9-3-4-13(18)16(21)22)11-5-6-12(14(10-11)19(23)24)17-7-1-2-8-17/h5-6,10,13H,1-4,7-9H2,(H,21,22). The average Bonchev–Trinajstić information content (AvgIpc) is 3.24. The van der Waals surface area contributed by atoms with Crippen molar-refractivity contribution >= 4 is 23.3 Å². The molecule has 8 nitrogen and oxygen atoms in total. The van der Waals surface area contributed by atoms with Crippen LogP contribution in [0.25, 0.3) is 0 Å². The Balaban J connectivity index is 1.91. The van der Waals surface area contributed by atoms with Crippen LogP contribution in [-0.2, 0) is 4.79 Å². The number of hydrogen-bond donors (Lipinski definition) is 1. The molecule has 1 unspecified atom stereocenters. The van der Waals surface area contributed by atoms with E-state index in [0.717, 1.165) is 25.9 Å². The fourth-order valence-electron chi connectivity index (χ4n) is 3.46. The van der Waals surface area contributed by atoms with Crippen LogP contribution in [-0.4, -0.2) is 52.5 Å². The number of amides is 1. The number of carbonyl (C=O) groups is 2. The minimum absolute atomic E-state index is 0.103. The molecule has 2 heterocycles. The number of rotatable bonds is 4. The van der Waals surface area contributed by atoms with Crippen LogP contribution >= 0.6 is 0 Å². The second-order valence-electron chi connectivity index (χ2n) is 6.15. The third-order valence-corrected chi connectivity index (χ3v) is 4.66. The molecule has 0 radical (unpaired) electrons. The van der Waals surface area contributed by atoms with E-state index in [-0.39, 0.29) is 11.3 Å². The molecule has 128 valence electrons. The number of nitrogens with zero attached hydrogens (tertiary/aromatic N) is 3. The van der Waals surface area contributed by atoms with Gasteiger partial charge in [0.05, 0.1) is 4.92 Å². The molecule has 0 spiro atoms. The smallest absolute Gasteiger partial charge is 0.326 e. The monoisotopic (exact) mass is 333 g/mol. The highest BCUT2D eigenvalue weighted by Crippen LogP contribution is 2.32. The molecule has 0 aromatic heterocycles. The predicted octanol–water partition coefficient (Wildman–Crippen LogP) is 1.88. The third-order valence-electron chi connectivity index (χ3n) is 4.66. The highest BCUT2D eigenvalue weighted by molar-refractivity contribution is 5.98. The number of carbonyl (C=O) groups excluding carboxylic acids is 1. The summed E-state index contributed by atoms with van der Waals surface area (Å²) in [5, 5.41) is 20.6. The zero-order valence-electron chi connectivity index (χ0n) is 13.2. The van der Waals surface area contributed by atoms with Gasteiger partial charge in [-0.2, -0.15) is 0 Å². The van der Waals surface area contributed by atoms with Crippen LogP contribution in [0.1, 0.15) is 36.0 Å². The predicted molar refractivity (Wildman–Crippen MR) is 86.2 cm³/mol. The van der Waals surface area contributed by atoms with Crippen molar-refractivity contribution in [2.75, 3.05) is 24.5 Å². The van der Waals surface area contributed by atoms with Crippen LogP contribution in [0.4, 0.5) is 11.4 Å². The summed E-state index contributed by atoms with van der Waals surface area (Å²) in [6.07, 6.45) is 3.02. The Hall–Kier alpha value is -2.64. The first-order valence-corrected chi connectivity index (χ1v) is 8.06. The summed E-state index contributed by atoms with van der Waals surface area (Å²) in [6.45, 7) is 1.89. The number of nitro groups is 1. The molecule has 2 aliphatic rings. The lowest BCUT2D eigenvalue weighted by Crippen LogP contribution is -2.40. The van der Waals surface area contributed by atoms with E-state index in [4.69, 9.17) is 0 Å². The number of hydrogen-bond acceptors (Lipinski definition) is 5. The molecular formula is C16H19N3O5. The first kappa shape index (κ1) is 16.2. The minimum atomic E-state index is -1.04. The van der Waals surface area contributed by atoms with Crippen molar-refractivity contribution in [3.63, 3.8) is 0 Å². The van der Waals surface area contributed by atoms with Gasteiger partial charge in [-0.15, -0.1) is 0 Å². The molecule has 0 bridgehead atoms. The van der Waals surface area contributed by atoms with E-state index in [0.29, 0.717) is 25.1 Å². The number of carboxylic acid groups (broad SMARTS) is 1. The van der Waals surface area contributed by atoms with Crippen molar-refractivity contribution in [3.8, 4) is 0 Å². The number of carboxylic acids is 1. The molecule has 1 N–H and O–H groups in total. The summed E-state index contributed by atoms with van der Waals surface area (Å²) in [4.78, 5) is 38.0. The summed E-state index contributed by atoms with van der Waals surface area (Å²) in [5.41, 5.74) is 0.580. The van der Waals surface area contributed by atoms with Gasteiger partial charge in [0.25, 0.3) is 11.6 Å². The Bertz CT molecular complexity index is 684. The highest BCUT2D eigenvalue weighted by atomic mass is 16.6. The van der Waals surface area contributed by atoms with E-state index in [2.05, 4.69) is 0 Å². The SMILES string of the molecule is O=C(O)C1CCCN1C(=O)c1ccc(N2CCCC2)c([N+](=O)[O-])c1. The minimum Gasteiger partial charge on any atom is -0.480 e. The second-order valence-corrected chi connectivity index (χ2v) is 6.15. The molecule has 8 heteroatoms. The normalized spacial score (nSPS) is 20.4. The Labute approximate surface area is 138 Å². The van der Waals surface area contributed by atoms with Gasteiger partial charge >= 0.3 is 5.97 Å². The molecule has 0 saturated carbocycles. The van der Waals surface area contributed by atoms with E-state index in [9.17, 15) is 24.8 Å². The molecular weight excluding hydrogens is 314 g/mol. The van der Waals surface area contributed by atoms with E-state index in [1.165, 1.54) is 11.0 Å². The molecule has 1 aromatic rings. The van der Waals surface area contributed by atoms with Crippen LogP contribution in [0, 0.1) is 10.1 Å². The lowest BCUT2D eigenvalue weighted by atomic mass is 10.1. The summed E-state index contributed by atoms with van der Waals surface area (Å²) < 4.78 is 0. The molecule has 1 aromatic carbocycles. The largest absolute Gasteiger partial charge is 0.480 e. The molecule has 2 aliphatic heterocycles. The van der Waals surface area contributed by atoms with Crippen LogP contribution in [0.2, 0.25) is 0 Å². The van der Waals surface area contributed by atoms with E-state index in [1.807, 2.05) is 4.90 Å². The van der Waals surface area contributed by atoms with Gasteiger partial charge in [0.2, 0.25) is 0 Å². The third kappa shape index (κ3) is 2.91. The summed E-state index contributed by atoms with van der Waals surface area (Å²) in [7, 11) is 0. The average molecular weight is 333 g/mol.